The fourth-order valence-corrected chi connectivity index (χ4v) is 4.02. The van der Waals surface area contributed by atoms with Gasteiger partial charge in [0.05, 0.1) is 20.8 Å². The number of aryl methyl sites for hydroxylation is 1. The molecule has 1 aliphatic heterocycles. The highest BCUT2D eigenvalue weighted by Gasteiger charge is 2.20. The molecule has 0 radical (unpaired) electrons. The first-order valence-corrected chi connectivity index (χ1v) is 9.62. The van der Waals surface area contributed by atoms with Crippen molar-refractivity contribution in [1.29, 1.82) is 0 Å². The van der Waals surface area contributed by atoms with Crippen LogP contribution in [0.3, 0.4) is 0 Å². The van der Waals surface area contributed by atoms with Gasteiger partial charge in [-0.2, -0.15) is 9.78 Å². The van der Waals surface area contributed by atoms with Crippen LogP contribution in [0.2, 0.25) is 0 Å². The maximum atomic E-state index is 12.7. The molecule has 0 aliphatic carbocycles. The lowest BCUT2D eigenvalue weighted by Gasteiger charge is -2.06. The summed E-state index contributed by atoms with van der Waals surface area (Å²) in [6.07, 6.45) is 0. The van der Waals surface area contributed by atoms with Gasteiger partial charge in [-0.05, 0) is 13.0 Å². The minimum Gasteiger partial charge on any atom is -0.454 e. The quantitative estimate of drug-likeness (QED) is 0.392. The largest absolute Gasteiger partial charge is 0.454 e. The molecule has 10 nitrogen and oxygen atoms in total. The van der Waals surface area contributed by atoms with Crippen LogP contribution in [0, 0.1) is 17.0 Å². The van der Waals surface area contributed by atoms with E-state index in [4.69, 9.17) is 9.47 Å². The number of rotatable bonds is 4. The molecule has 0 fully saturated rings. The number of fused-ring (bicyclic) bond motifs is 2. The number of nitrogens with one attached hydrogen (secondary N) is 1. The number of benzene rings is 2. The fraction of sp³-hybridized carbons (Fsp3) is 0.105. The van der Waals surface area contributed by atoms with Gasteiger partial charge >= 0.3 is 0 Å². The van der Waals surface area contributed by atoms with Crippen LogP contribution in [0.4, 0.5) is 11.5 Å². The van der Waals surface area contributed by atoms with Crippen LogP contribution in [0.5, 0.6) is 11.5 Å². The summed E-state index contributed by atoms with van der Waals surface area (Å²) in [5, 5.41) is 18.7. The zero-order valence-electron chi connectivity index (χ0n) is 15.5. The molecule has 0 unspecified atom stereocenters. The van der Waals surface area contributed by atoms with Crippen molar-refractivity contribution in [3.05, 3.63) is 63.8 Å². The zero-order chi connectivity index (χ0) is 20.8. The highest BCUT2D eigenvalue weighted by molar-refractivity contribution is 7.20. The van der Waals surface area contributed by atoms with Gasteiger partial charge in [0.1, 0.15) is 5.82 Å². The molecule has 4 aromatic rings. The lowest BCUT2D eigenvalue weighted by Crippen LogP contribution is -2.15. The number of carbonyl (C=O) groups excluding carboxylic acids is 1. The molecule has 30 heavy (non-hydrogen) atoms. The van der Waals surface area contributed by atoms with E-state index in [1.807, 2.05) is 6.07 Å². The first-order chi connectivity index (χ1) is 14.5. The van der Waals surface area contributed by atoms with Crippen molar-refractivity contribution in [2.24, 2.45) is 0 Å². The summed E-state index contributed by atoms with van der Waals surface area (Å²) >= 11 is 1.39. The Bertz CT molecular complexity index is 1290. The summed E-state index contributed by atoms with van der Waals surface area (Å²) in [4.78, 5) is 27.7. The molecule has 150 valence electrons. The van der Waals surface area contributed by atoms with E-state index in [0.717, 1.165) is 10.2 Å². The van der Waals surface area contributed by atoms with Crippen molar-refractivity contribution in [1.82, 2.24) is 14.8 Å². The molecule has 0 atom stereocenters. The number of nitrogens with zero attached hydrogens (tertiary/aromatic N) is 4. The number of nitro benzene ring substituents is 1. The van der Waals surface area contributed by atoms with E-state index in [1.165, 1.54) is 40.3 Å². The Morgan fingerprint density at radius 2 is 2.03 bits per heavy atom. The molecule has 0 saturated heterocycles. The van der Waals surface area contributed by atoms with Crippen molar-refractivity contribution in [2.75, 3.05) is 12.1 Å². The fourth-order valence-electron chi connectivity index (χ4n) is 3.08. The predicted molar refractivity (Wildman–Crippen MR) is 109 cm³/mol. The number of carbonyl (C=O) groups is 1. The average molecular weight is 423 g/mol. The number of aromatic nitrogens is 3. The van der Waals surface area contributed by atoms with Gasteiger partial charge in [-0.1, -0.05) is 17.4 Å². The first-order valence-electron chi connectivity index (χ1n) is 8.81. The number of hydrogen-bond donors (Lipinski definition) is 1. The van der Waals surface area contributed by atoms with E-state index >= 15 is 0 Å². The van der Waals surface area contributed by atoms with Crippen LogP contribution in [-0.2, 0) is 0 Å². The smallest absolute Gasteiger partial charge is 0.270 e. The number of non-ortho nitro benzene ring substituents is 1. The Hall–Kier alpha value is -3.99. The molecule has 5 rings (SSSR count). The molecule has 2 aromatic carbocycles. The van der Waals surface area contributed by atoms with Gasteiger partial charge in [0.2, 0.25) is 11.9 Å². The summed E-state index contributed by atoms with van der Waals surface area (Å²) in [6.45, 7) is 1.98. The van der Waals surface area contributed by atoms with Gasteiger partial charge in [0.15, 0.2) is 11.5 Å². The van der Waals surface area contributed by atoms with Crippen molar-refractivity contribution in [3.8, 4) is 16.6 Å². The molecule has 0 bridgehead atoms. The van der Waals surface area contributed by atoms with Crippen molar-refractivity contribution < 1.29 is 19.2 Å². The number of amides is 1. The maximum Gasteiger partial charge on any atom is 0.270 e. The molecule has 1 amide bonds. The van der Waals surface area contributed by atoms with Crippen LogP contribution in [0.1, 0.15) is 16.1 Å². The van der Waals surface area contributed by atoms with E-state index in [-0.39, 0.29) is 18.0 Å². The van der Waals surface area contributed by atoms with Crippen LogP contribution in [0.15, 0.2) is 42.5 Å². The van der Waals surface area contributed by atoms with Gasteiger partial charge < -0.3 is 14.8 Å². The standard InChI is InChI=1S/C19H13N5O5S/c1-10-5-17(21-18(25)11-3-2-4-12(6-11)24(26)27)23(22-10)19-20-13-7-14-15(29-9-28-14)8-16(13)30-19/h2-8H,9H2,1H3,(H,21,25). The topological polar surface area (TPSA) is 121 Å². The van der Waals surface area contributed by atoms with Crippen LogP contribution in [0.25, 0.3) is 15.3 Å². The Kier molecular flexibility index (Phi) is 4.10. The molecule has 1 aliphatic rings. The second kappa shape index (κ2) is 6.81. The van der Waals surface area contributed by atoms with Gasteiger partial charge in [-0.3, -0.25) is 14.9 Å². The summed E-state index contributed by atoms with van der Waals surface area (Å²) in [6, 6.07) is 10.9. The molecule has 3 heterocycles. The van der Waals surface area contributed by atoms with E-state index in [0.29, 0.717) is 28.1 Å². The zero-order valence-corrected chi connectivity index (χ0v) is 16.3. The van der Waals surface area contributed by atoms with Gasteiger partial charge in [0, 0.05) is 35.9 Å². The third-order valence-corrected chi connectivity index (χ3v) is 5.44. The number of ether oxygens (including phenoxy) is 2. The Morgan fingerprint density at radius 1 is 1.23 bits per heavy atom. The van der Waals surface area contributed by atoms with Crippen molar-refractivity contribution in [2.45, 2.75) is 6.92 Å². The molecule has 1 N–H and O–H groups in total. The molecule has 0 spiro atoms. The number of hydrogen-bond acceptors (Lipinski definition) is 8. The van der Waals surface area contributed by atoms with Gasteiger partial charge in [0.25, 0.3) is 11.6 Å². The molecular weight excluding hydrogens is 410 g/mol. The van der Waals surface area contributed by atoms with Crippen LogP contribution >= 0.6 is 11.3 Å². The van der Waals surface area contributed by atoms with E-state index in [9.17, 15) is 14.9 Å². The number of thiazole rings is 1. The SMILES string of the molecule is Cc1cc(NC(=O)c2cccc([N+](=O)[O-])c2)n(-c2nc3cc4c(cc3s2)OCO4)n1. The predicted octanol–water partition coefficient (Wildman–Crippen LogP) is 3.68. The second-order valence-corrected chi connectivity index (χ2v) is 7.52. The highest BCUT2D eigenvalue weighted by Crippen LogP contribution is 2.39. The number of anilines is 1. The minimum atomic E-state index is -0.545. The second-order valence-electron chi connectivity index (χ2n) is 6.51. The monoisotopic (exact) mass is 423 g/mol. The van der Waals surface area contributed by atoms with Crippen molar-refractivity contribution >= 4 is 39.0 Å². The van der Waals surface area contributed by atoms with E-state index in [1.54, 1.807) is 19.1 Å². The molecule has 11 heteroatoms. The summed E-state index contributed by atoms with van der Waals surface area (Å²) in [5.74, 6) is 1.22. The highest BCUT2D eigenvalue weighted by atomic mass is 32.1. The van der Waals surface area contributed by atoms with E-state index < -0.39 is 10.8 Å². The first kappa shape index (κ1) is 18.1. The maximum absolute atomic E-state index is 12.7. The molecule has 2 aromatic heterocycles. The van der Waals surface area contributed by atoms with Crippen molar-refractivity contribution in [3.63, 3.8) is 0 Å². The average Bonchev–Trinajstić information content (AvgIpc) is 3.43. The van der Waals surface area contributed by atoms with Crippen LogP contribution in [-0.4, -0.2) is 32.4 Å². The Balaban J connectivity index is 1.49. The molecule has 0 saturated carbocycles. The summed E-state index contributed by atoms with van der Waals surface area (Å²) in [5.41, 5.74) is 1.42. The lowest BCUT2D eigenvalue weighted by molar-refractivity contribution is -0.384. The third kappa shape index (κ3) is 3.10. The Morgan fingerprint density at radius 3 is 2.83 bits per heavy atom. The third-order valence-electron chi connectivity index (χ3n) is 4.44. The summed E-state index contributed by atoms with van der Waals surface area (Å²) in [7, 11) is 0. The van der Waals surface area contributed by atoms with Crippen LogP contribution < -0.4 is 14.8 Å². The van der Waals surface area contributed by atoms with E-state index in [2.05, 4.69) is 15.4 Å². The summed E-state index contributed by atoms with van der Waals surface area (Å²) < 4.78 is 13.2. The van der Waals surface area contributed by atoms with Gasteiger partial charge in [-0.15, -0.1) is 0 Å². The minimum absolute atomic E-state index is 0.156. The van der Waals surface area contributed by atoms with Gasteiger partial charge in [-0.25, -0.2) is 4.98 Å². The normalized spacial score (nSPS) is 12.3. The number of nitro groups is 1. The molecular formula is C19H13N5O5S. The Labute approximate surface area is 172 Å². The lowest BCUT2D eigenvalue weighted by atomic mass is 10.2.